The number of rotatable bonds is 0. The van der Waals surface area contributed by atoms with Gasteiger partial charge in [-0.15, -0.1) is 0 Å². The van der Waals surface area contributed by atoms with E-state index in [9.17, 15) is 0 Å². The molecule has 1 aromatic heterocycles. The average molecular weight is 192 g/mol. The van der Waals surface area contributed by atoms with Crippen molar-refractivity contribution in [2.45, 2.75) is 30.8 Å². The Morgan fingerprint density at radius 3 is 3.21 bits per heavy atom. The summed E-state index contributed by atoms with van der Waals surface area (Å²) in [5, 5.41) is 0. The number of fused-ring (bicyclic) bond motifs is 2. The molecule has 1 aliphatic carbocycles. The van der Waals surface area contributed by atoms with E-state index in [0.717, 1.165) is 31.6 Å². The van der Waals surface area contributed by atoms with E-state index in [0.29, 0.717) is 0 Å². The van der Waals surface area contributed by atoms with E-state index in [2.05, 4.69) is 18.0 Å². The molecular formula is C11H16N2O. The molecule has 1 spiro atoms. The van der Waals surface area contributed by atoms with Crippen molar-refractivity contribution in [2.24, 2.45) is 5.73 Å². The van der Waals surface area contributed by atoms with Gasteiger partial charge in [-0.1, -0.05) is 0 Å². The number of aryl methyl sites for hydroxylation is 1. The third-order valence-corrected chi connectivity index (χ3v) is 4.02. The molecule has 3 heteroatoms. The van der Waals surface area contributed by atoms with Gasteiger partial charge in [0.15, 0.2) is 0 Å². The molecular weight excluding hydrogens is 176 g/mol. The van der Waals surface area contributed by atoms with Gasteiger partial charge in [-0.05, 0) is 26.0 Å². The highest BCUT2D eigenvalue weighted by molar-refractivity contribution is 5.36. The molecule has 2 atom stereocenters. The highest BCUT2D eigenvalue weighted by Crippen LogP contribution is 2.47. The first-order valence-corrected chi connectivity index (χ1v) is 5.29. The molecule has 1 aliphatic heterocycles. The lowest BCUT2D eigenvalue weighted by atomic mass is 9.86. The van der Waals surface area contributed by atoms with Crippen molar-refractivity contribution in [2.75, 3.05) is 13.6 Å². The monoisotopic (exact) mass is 192 g/mol. The fraction of sp³-hybridized carbons (Fsp3) is 0.636. The maximum absolute atomic E-state index is 6.26. The summed E-state index contributed by atoms with van der Waals surface area (Å²) in [5.74, 6) is 1.15. The van der Waals surface area contributed by atoms with Crippen LogP contribution in [0.3, 0.4) is 0 Å². The zero-order chi connectivity index (χ0) is 9.76. The number of furan rings is 1. The van der Waals surface area contributed by atoms with Crippen molar-refractivity contribution < 1.29 is 4.42 Å². The molecule has 0 aromatic carbocycles. The van der Waals surface area contributed by atoms with Crippen LogP contribution in [0.1, 0.15) is 24.2 Å². The van der Waals surface area contributed by atoms with Crippen LogP contribution in [0, 0.1) is 0 Å². The Labute approximate surface area is 83.9 Å². The van der Waals surface area contributed by atoms with E-state index < -0.39 is 0 Å². The Morgan fingerprint density at radius 2 is 2.50 bits per heavy atom. The first-order chi connectivity index (χ1) is 6.75. The van der Waals surface area contributed by atoms with Gasteiger partial charge in [-0.25, -0.2) is 0 Å². The number of nitrogens with two attached hydrogens (primary N) is 1. The van der Waals surface area contributed by atoms with Crippen LogP contribution < -0.4 is 5.73 Å². The van der Waals surface area contributed by atoms with Gasteiger partial charge in [0, 0.05) is 24.6 Å². The summed E-state index contributed by atoms with van der Waals surface area (Å²) in [6.07, 6.45) is 5.06. The van der Waals surface area contributed by atoms with Crippen molar-refractivity contribution in [3.05, 3.63) is 23.7 Å². The molecule has 0 amide bonds. The molecule has 1 fully saturated rings. The highest BCUT2D eigenvalue weighted by Gasteiger charge is 2.51. The lowest BCUT2D eigenvalue weighted by molar-refractivity contribution is 0.159. The minimum atomic E-state index is 0.0856. The van der Waals surface area contributed by atoms with Crippen LogP contribution in [0.15, 0.2) is 16.7 Å². The highest BCUT2D eigenvalue weighted by atomic mass is 16.3. The van der Waals surface area contributed by atoms with Crippen LogP contribution in [0.25, 0.3) is 0 Å². The second-order valence-corrected chi connectivity index (χ2v) is 4.50. The summed E-state index contributed by atoms with van der Waals surface area (Å²) < 4.78 is 5.48. The largest absolute Gasteiger partial charge is 0.469 e. The Bertz CT molecular complexity index is 348. The summed E-state index contributed by atoms with van der Waals surface area (Å²) in [6, 6.07) is 2.37. The predicted molar refractivity (Wildman–Crippen MR) is 53.9 cm³/mol. The second kappa shape index (κ2) is 2.61. The van der Waals surface area contributed by atoms with Gasteiger partial charge in [0.2, 0.25) is 0 Å². The molecule has 3 rings (SSSR count). The van der Waals surface area contributed by atoms with E-state index in [1.54, 1.807) is 6.26 Å². The number of nitrogens with zero attached hydrogens (tertiary/aromatic N) is 1. The standard InChI is InChI=1S/C11H16N2O/c1-13-6-3-10(12)11(13)5-2-9-8(11)4-7-14-9/h4,7,10H,2-3,5-6,12H2,1H3. The second-order valence-electron chi connectivity index (χ2n) is 4.50. The van der Waals surface area contributed by atoms with Crippen molar-refractivity contribution in [3.8, 4) is 0 Å². The Balaban J connectivity index is 2.14. The number of hydrogen-bond donors (Lipinski definition) is 1. The van der Waals surface area contributed by atoms with Gasteiger partial charge >= 0.3 is 0 Å². The van der Waals surface area contributed by atoms with E-state index in [4.69, 9.17) is 10.2 Å². The molecule has 0 radical (unpaired) electrons. The molecule has 3 nitrogen and oxygen atoms in total. The number of hydrogen-bond acceptors (Lipinski definition) is 3. The van der Waals surface area contributed by atoms with Crippen molar-refractivity contribution in [3.63, 3.8) is 0 Å². The minimum Gasteiger partial charge on any atom is -0.469 e. The fourth-order valence-corrected chi connectivity index (χ4v) is 3.19. The van der Waals surface area contributed by atoms with Crippen molar-refractivity contribution in [1.82, 2.24) is 4.90 Å². The lowest BCUT2D eigenvalue weighted by Crippen LogP contribution is -2.47. The molecule has 0 bridgehead atoms. The number of likely N-dealkylation sites (N-methyl/N-ethyl adjacent to an activating group) is 1. The van der Waals surface area contributed by atoms with Gasteiger partial charge in [0.1, 0.15) is 5.76 Å². The maximum Gasteiger partial charge on any atom is 0.108 e. The van der Waals surface area contributed by atoms with Crippen LogP contribution >= 0.6 is 0 Å². The smallest absolute Gasteiger partial charge is 0.108 e. The third kappa shape index (κ3) is 0.799. The molecule has 2 unspecified atom stereocenters. The van der Waals surface area contributed by atoms with E-state index in [1.807, 2.05) is 0 Å². The van der Waals surface area contributed by atoms with Gasteiger partial charge in [0.25, 0.3) is 0 Å². The number of likely N-dealkylation sites (tertiary alicyclic amines) is 1. The average Bonchev–Trinajstić information content (AvgIpc) is 2.78. The fourth-order valence-electron chi connectivity index (χ4n) is 3.19. The predicted octanol–water partition coefficient (Wildman–Crippen LogP) is 1.08. The minimum absolute atomic E-state index is 0.0856. The first kappa shape index (κ1) is 8.50. The molecule has 14 heavy (non-hydrogen) atoms. The van der Waals surface area contributed by atoms with Crippen LogP contribution in [-0.4, -0.2) is 24.5 Å². The molecule has 1 saturated heterocycles. The summed E-state index contributed by atoms with van der Waals surface area (Å²) >= 11 is 0. The topological polar surface area (TPSA) is 42.4 Å². The third-order valence-electron chi connectivity index (χ3n) is 4.02. The van der Waals surface area contributed by atoms with E-state index >= 15 is 0 Å². The molecule has 76 valence electrons. The Morgan fingerprint density at radius 1 is 1.64 bits per heavy atom. The van der Waals surface area contributed by atoms with Crippen LogP contribution in [0.5, 0.6) is 0 Å². The van der Waals surface area contributed by atoms with Gasteiger partial charge < -0.3 is 10.2 Å². The summed E-state index contributed by atoms with van der Waals surface area (Å²) in [7, 11) is 2.18. The Hall–Kier alpha value is -0.800. The zero-order valence-electron chi connectivity index (χ0n) is 8.49. The van der Waals surface area contributed by atoms with Crippen LogP contribution in [0.2, 0.25) is 0 Å². The summed E-state index contributed by atoms with van der Waals surface area (Å²) in [6.45, 7) is 1.10. The normalized spacial score (nSPS) is 36.9. The van der Waals surface area contributed by atoms with Gasteiger partial charge in [-0.3, -0.25) is 4.90 Å². The maximum atomic E-state index is 6.26. The molecule has 0 saturated carbocycles. The Kier molecular flexibility index (Phi) is 1.59. The van der Waals surface area contributed by atoms with E-state index in [1.165, 1.54) is 5.56 Å². The molecule has 1 aromatic rings. The van der Waals surface area contributed by atoms with Gasteiger partial charge in [0.05, 0.1) is 11.8 Å². The SMILES string of the molecule is CN1CCC(N)C12CCc1occc12. The van der Waals surface area contributed by atoms with Crippen molar-refractivity contribution >= 4 is 0 Å². The molecule has 2 heterocycles. The first-order valence-electron chi connectivity index (χ1n) is 5.29. The molecule has 2 aliphatic rings. The van der Waals surface area contributed by atoms with Gasteiger partial charge in [-0.2, -0.15) is 0 Å². The van der Waals surface area contributed by atoms with Crippen LogP contribution in [-0.2, 0) is 12.0 Å². The van der Waals surface area contributed by atoms with E-state index in [-0.39, 0.29) is 11.6 Å². The zero-order valence-corrected chi connectivity index (χ0v) is 8.49. The summed E-state index contributed by atoms with van der Waals surface area (Å²) in [5.41, 5.74) is 7.68. The van der Waals surface area contributed by atoms with Crippen molar-refractivity contribution in [1.29, 1.82) is 0 Å². The quantitative estimate of drug-likeness (QED) is 0.669. The summed E-state index contributed by atoms with van der Waals surface area (Å²) in [4.78, 5) is 2.40. The van der Waals surface area contributed by atoms with Crippen LogP contribution in [0.4, 0.5) is 0 Å². The molecule has 2 N–H and O–H groups in total. The lowest BCUT2D eigenvalue weighted by Gasteiger charge is -2.35.